The van der Waals surface area contributed by atoms with Crippen LogP contribution in [0, 0.1) is 22.0 Å². The van der Waals surface area contributed by atoms with E-state index in [1.54, 1.807) is 11.0 Å². The number of carboxylic acid groups (broad SMARTS) is 1. The maximum atomic E-state index is 12.4. The molecule has 128 valence electrons. The highest BCUT2D eigenvalue weighted by Gasteiger charge is 2.43. The van der Waals surface area contributed by atoms with E-state index < -0.39 is 22.7 Å². The van der Waals surface area contributed by atoms with E-state index in [4.69, 9.17) is 5.11 Å². The molecule has 1 N–H and O–H groups in total. The molecule has 1 saturated heterocycles. The summed E-state index contributed by atoms with van der Waals surface area (Å²) in [5, 5.41) is 19.7. The SMILES string of the molecule is O=C(O)C1CCC1C(=O)N1CCN(c2ccc([N+](=O)[O-])cn2)CC1. The van der Waals surface area contributed by atoms with Gasteiger partial charge in [-0.05, 0) is 18.9 Å². The summed E-state index contributed by atoms with van der Waals surface area (Å²) >= 11 is 0. The molecule has 1 aliphatic carbocycles. The molecular formula is C15H18N4O5. The molecule has 2 atom stereocenters. The van der Waals surface area contributed by atoms with Crippen molar-refractivity contribution in [3.05, 3.63) is 28.4 Å². The number of pyridine rings is 1. The number of nitrogens with zero attached hydrogens (tertiary/aromatic N) is 4. The number of aliphatic carboxylic acids is 1. The van der Waals surface area contributed by atoms with Gasteiger partial charge < -0.3 is 14.9 Å². The van der Waals surface area contributed by atoms with Gasteiger partial charge in [-0.25, -0.2) is 4.98 Å². The second-order valence-corrected chi connectivity index (χ2v) is 6.07. The Morgan fingerprint density at radius 2 is 1.83 bits per heavy atom. The zero-order chi connectivity index (χ0) is 17.3. The molecule has 24 heavy (non-hydrogen) atoms. The molecule has 1 aromatic heterocycles. The molecule has 0 spiro atoms. The zero-order valence-corrected chi connectivity index (χ0v) is 13.0. The number of anilines is 1. The first-order chi connectivity index (χ1) is 11.5. The third-order valence-electron chi connectivity index (χ3n) is 4.77. The van der Waals surface area contributed by atoms with Gasteiger partial charge in [-0.2, -0.15) is 0 Å². The van der Waals surface area contributed by atoms with Crippen molar-refractivity contribution in [1.82, 2.24) is 9.88 Å². The lowest BCUT2D eigenvalue weighted by Crippen LogP contribution is -2.53. The van der Waals surface area contributed by atoms with Crippen LogP contribution in [0.15, 0.2) is 18.3 Å². The van der Waals surface area contributed by atoms with Gasteiger partial charge in [0.1, 0.15) is 12.0 Å². The van der Waals surface area contributed by atoms with Crippen LogP contribution in [-0.2, 0) is 9.59 Å². The average molecular weight is 334 g/mol. The maximum absolute atomic E-state index is 12.4. The summed E-state index contributed by atoms with van der Waals surface area (Å²) in [6.07, 6.45) is 2.43. The average Bonchev–Trinajstić information content (AvgIpc) is 2.53. The van der Waals surface area contributed by atoms with Crippen molar-refractivity contribution in [2.45, 2.75) is 12.8 Å². The van der Waals surface area contributed by atoms with E-state index in [1.165, 1.54) is 12.3 Å². The second kappa shape index (κ2) is 6.42. The summed E-state index contributed by atoms with van der Waals surface area (Å²) in [6.45, 7) is 2.14. The minimum Gasteiger partial charge on any atom is -0.481 e. The Morgan fingerprint density at radius 3 is 2.29 bits per heavy atom. The molecule has 1 amide bonds. The van der Waals surface area contributed by atoms with E-state index in [9.17, 15) is 19.7 Å². The molecule has 1 aliphatic heterocycles. The number of amides is 1. The smallest absolute Gasteiger partial charge is 0.307 e. The molecule has 0 radical (unpaired) electrons. The van der Waals surface area contributed by atoms with Gasteiger partial charge in [0.15, 0.2) is 0 Å². The van der Waals surface area contributed by atoms with Crippen LogP contribution in [0.3, 0.4) is 0 Å². The van der Waals surface area contributed by atoms with E-state index in [2.05, 4.69) is 4.98 Å². The summed E-state index contributed by atoms with van der Waals surface area (Å²) in [6, 6.07) is 3.01. The summed E-state index contributed by atoms with van der Waals surface area (Å²) in [5.41, 5.74) is -0.0581. The predicted octanol–water partition coefficient (Wildman–Crippen LogP) is 0.749. The number of hydrogen-bond donors (Lipinski definition) is 1. The molecule has 0 bridgehead atoms. The highest BCUT2D eigenvalue weighted by atomic mass is 16.6. The largest absolute Gasteiger partial charge is 0.481 e. The first-order valence-electron chi connectivity index (χ1n) is 7.84. The zero-order valence-electron chi connectivity index (χ0n) is 13.0. The Labute approximate surface area is 138 Å². The summed E-state index contributed by atoms with van der Waals surface area (Å²) in [4.78, 5) is 41.4. The number of piperazine rings is 1. The van der Waals surface area contributed by atoms with Crippen molar-refractivity contribution in [3.63, 3.8) is 0 Å². The molecule has 2 fully saturated rings. The van der Waals surface area contributed by atoms with Gasteiger partial charge >= 0.3 is 5.97 Å². The lowest BCUT2D eigenvalue weighted by molar-refractivity contribution is -0.385. The van der Waals surface area contributed by atoms with Crippen molar-refractivity contribution in [2.75, 3.05) is 31.1 Å². The lowest BCUT2D eigenvalue weighted by Gasteiger charge is -2.40. The molecule has 9 heteroatoms. The maximum Gasteiger partial charge on any atom is 0.307 e. The molecule has 2 aliphatic rings. The van der Waals surface area contributed by atoms with Crippen molar-refractivity contribution in [3.8, 4) is 0 Å². The topological polar surface area (TPSA) is 117 Å². The summed E-state index contributed by atoms with van der Waals surface area (Å²) in [7, 11) is 0. The normalized spacial score (nSPS) is 23.5. The molecule has 2 unspecified atom stereocenters. The van der Waals surface area contributed by atoms with Crippen LogP contribution in [0.5, 0.6) is 0 Å². The van der Waals surface area contributed by atoms with Crippen LogP contribution in [-0.4, -0.2) is 58.0 Å². The molecular weight excluding hydrogens is 316 g/mol. The summed E-state index contributed by atoms with van der Waals surface area (Å²) < 4.78 is 0. The van der Waals surface area contributed by atoms with E-state index >= 15 is 0 Å². The first-order valence-corrected chi connectivity index (χ1v) is 7.84. The second-order valence-electron chi connectivity index (χ2n) is 6.07. The van der Waals surface area contributed by atoms with Crippen LogP contribution >= 0.6 is 0 Å². The van der Waals surface area contributed by atoms with Gasteiger partial charge in [-0.15, -0.1) is 0 Å². The Hall–Kier alpha value is -2.71. The molecule has 1 saturated carbocycles. The number of hydrogen-bond acceptors (Lipinski definition) is 6. The monoisotopic (exact) mass is 334 g/mol. The molecule has 9 nitrogen and oxygen atoms in total. The number of aromatic nitrogens is 1. The molecule has 0 aromatic carbocycles. The van der Waals surface area contributed by atoms with E-state index in [1.807, 2.05) is 4.90 Å². The van der Waals surface area contributed by atoms with E-state index in [0.717, 1.165) is 0 Å². The van der Waals surface area contributed by atoms with Gasteiger partial charge in [0.05, 0.1) is 16.8 Å². The highest BCUT2D eigenvalue weighted by molar-refractivity contribution is 5.86. The fraction of sp³-hybridized carbons (Fsp3) is 0.533. The van der Waals surface area contributed by atoms with Crippen LogP contribution in [0.1, 0.15) is 12.8 Å². The van der Waals surface area contributed by atoms with Gasteiger partial charge in [-0.3, -0.25) is 19.7 Å². The highest BCUT2D eigenvalue weighted by Crippen LogP contribution is 2.36. The molecule has 2 heterocycles. The van der Waals surface area contributed by atoms with Gasteiger partial charge in [0.25, 0.3) is 5.69 Å². The number of carbonyl (C=O) groups excluding carboxylic acids is 1. The van der Waals surface area contributed by atoms with Gasteiger partial charge in [-0.1, -0.05) is 0 Å². The minimum absolute atomic E-state index is 0.0581. The van der Waals surface area contributed by atoms with Crippen molar-refractivity contribution in [2.24, 2.45) is 11.8 Å². The third kappa shape index (κ3) is 3.01. The van der Waals surface area contributed by atoms with Crippen molar-refractivity contribution < 1.29 is 19.6 Å². The number of carboxylic acids is 1. The Kier molecular flexibility index (Phi) is 4.32. The van der Waals surface area contributed by atoms with E-state index in [-0.39, 0.29) is 11.6 Å². The van der Waals surface area contributed by atoms with Crippen LogP contribution in [0.2, 0.25) is 0 Å². The van der Waals surface area contributed by atoms with Crippen molar-refractivity contribution in [1.29, 1.82) is 0 Å². The predicted molar refractivity (Wildman–Crippen MR) is 83.5 cm³/mol. The number of rotatable bonds is 4. The quantitative estimate of drug-likeness (QED) is 0.637. The van der Waals surface area contributed by atoms with Gasteiger partial charge in [0.2, 0.25) is 5.91 Å². The Bertz CT molecular complexity index is 654. The van der Waals surface area contributed by atoms with Crippen LogP contribution < -0.4 is 4.90 Å². The number of carbonyl (C=O) groups is 2. The fourth-order valence-corrected chi connectivity index (χ4v) is 3.15. The van der Waals surface area contributed by atoms with Crippen LogP contribution in [0.4, 0.5) is 11.5 Å². The molecule has 1 aromatic rings. The van der Waals surface area contributed by atoms with Crippen LogP contribution in [0.25, 0.3) is 0 Å². The summed E-state index contributed by atoms with van der Waals surface area (Å²) in [5.74, 6) is -1.28. The number of nitro groups is 1. The Balaban J connectivity index is 1.56. The van der Waals surface area contributed by atoms with Gasteiger partial charge in [0, 0.05) is 32.2 Å². The minimum atomic E-state index is -0.895. The lowest BCUT2D eigenvalue weighted by atomic mass is 9.73. The standard InChI is InChI=1S/C15H18N4O5/c20-14(11-2-3-12(11)15(21)22)18-7-5-17(6-8-18)13-4-1-10(9-16-13)19(23)24/h1,4,9,11-12H,2-3,5-8H2,(H,21,22). The molecule has 3 rings (SSSR count). The fourth-order valence-electron chi connectivity index (χ4n) is 3.15. The Morgan fingerprint density at radius 1 is 1.17 bits per heavy atom. The first kappa shape index (κ1) is 16.2. The third-order valence-corrected chi connectivity index (χ3v) is 4.77. The van der Waals surface area contributed by atoms with E-state index in [0.29, 0.717) is 44.8 Å². The van der Waals surface area contributed by atoms with Crippen molar-refractivity contribution >= 4 is 23.4 Å².